The number of aliphatic hydroxyl groups excluding tert-OH is 2. The maximum atomic E-state index is 11.2. The number of hydrogen-bond donors (Lipinski definition) is 2. The van der Waals surface area contributed by atoms with E-state index in [-0.39, 0.29) is 17.8 Å². The molecule has 0 aromatic rings. The van der Waals surface area contributed by atoms with Crippen LogP contribution in [0.1, 0.15) is 47.0 Å². The molecule has 0 amide bonds. The van der Waals surface area contributed by atoms with Gasteiger partial charge in [0.2, 0.25) is 0 Å². The number of allylic oxidation sites excluding steroid dienone is 1. The minimum Gasteiger partial charge on any atom is -0.458 e. The van der Waals surface area contributed by atoms with Crippen LogP contribution in [0.2, 0.25) is 0 Å². The summed E-state index contributed by atoms with van der Waals surface area (Å²) in [4.78, 5) is 11.2. The summed E-state index contributed by atoms with van der Waals surface area (Å²) in [5.74, 6) is -0.0617. The lowest BCUT2D eigenvalue weighted by Crippen LogP contribution is -2.38. The number of carbonyl (C=O) groups excluding carboxylic acids is 1. The molecule has 0 fully saturated rings. The largest absolute Gasteiger partial charge is 0.458 e. The van der Waals surface area contributed by atoms with Gasteiger partial charge in [-0.15, -0.1) is 0 Å². The molecule has 0 aromatic heterocycles. The first-order valence-corrected chi connectivity index (χ1v) is 7.60. The second-order valence-corrected chi connectivity index (χ2v) is 6.41. The third-order valence-electron chi connectivity index (χ3n) is 4.16. The van der Waals surface area contributed by atoms with Crippen molar-refractivity contribution >= 4 is 5.97 Å². The van der Waals surface area contributed by atoms with Crippen LogP contribution in [0.5, 0.6) is 0 Å². The van der Waals surface area contributed by atoms with E-state index in [4.69, 9.17) is 4.74 Å². The molecule has 4 heteroatoms. The smallest absolute Gasteiger partial charge is 0.303 e. The van der Waals surface area contributed by atoms with Gasteiger partial charge in [-0.1, -0.05) is 26.0 Å². The summed E-state index contributed by atoms with van der Waals surface area (Å²) in [6, 6.07) is 0. The van der Waals surface area contributed by atoms with Gasteiger partial charge in [-0.25, -0.2) is 0 Å². The molecule has 2 N–H and O–H groups in total. The van der Waals surface area contributed by atoms with Crippen LogP contribution < -0.4 is 0 Å². The lowest BCUT2D eigenvalue weighted by molar-refractivity contribution is -0.144. The van der Waals surface area contributed by atoms with E-state index in [1.807, 2.05) is 13.0 Å². The zero-order valence-electron chi connectivity index (χ0n) is 13.5. The van der Waals surface area contributed by atoms with E-state index in [1.54, 1.807) is 0 Å². The predicted octanol–water partition coefficient (Wildman–Crippen LogP) is 2.60. The molecule has 1 aliphatic rings. The zero-order valence-corrected chi connectivity index (χ0v) is 13.5. The molecular weight excluding hydrogens is 268 g/mol. The van der Waals surface area contributed by atoms with Gasteiger partial charge >= 0.3 is 5.97 Å². The van der Waals surface area contributed by atoms with Gasteiger partial charge < -0.3 is 14.9 Å². The Hall–Kier alpha value is -1.13. The van der Waals surface area contributed by atoms with Gasteiger partial charge in [-0.2, -0.15) is 0 Å². The first kappa shape index (κ1) is 17.9. The van der Waals surface area contributed by atoms with Crippen molar-refractivity contribution in [2.45, 2.75) is 65.3 Å². The SMILES string of the molecule is C=C1C[C@@H](OC(C)=O)/C=C(/C)CC[C@@H](C(C)C)[C@@H](O)[C@@H]1O. The number of hydrogen-bond acceptors (Lipinski definition) is 4. The molecule has 0 aromatic carbocycles. The summed E-state index contributed by atoms with van der Waals surface area (Å²) in [6.07, 6.45) is 1.62. The summed E-state index contributed by atoms with van der Waals surface area (Å²) in [5, 5.41) is 20.7. The summed E-state index contributed by atoms with van der Waals surface area (Å²) in [6.45, 7) is 11.3. The van der Waals surface area contributed by atoms with E-state index in [0.717, 1.165) is 18.4 Å². The number of ether oxygens (including phenoxy) is 1. The molecule has 1 rings (SSSR count). The highest BCUT2D eigenvalue weighted by atomic mass is 16.5. The van der Waals surface area contributed by atoms with Crippen LogP contribution in [-0.4, -0.2) is 34.5 Å². The highest BCUT2D eigenvalue weighted by molar-refractivity contribution is 5.66. The van der Waals surface area contributed by atoms with E-state index in [1.165, 1.54) is 6.92 Å². The Morgan fingerprint density at radius 1 is 1.43 bits per heavy atom. The fraction of sp³-hybridized carbons (Fsp3) is 0.706. The standard InChI is InChI=1S/C17H28O4/c1-10(2)15-7-6-11(3)8-14(21-13(5)18)9-12(4)16(19)17(15)20/h8,10,14-17,19-20H,4,6-7,9H2,1-3,5H3/b11-8-/t14-,15-,16+,17+/m0/s1. The first-order chi connectivity index (χ1) is 9.72. The molecule has 0 heterocycles. The molecule has 0 spiro atoms. The van der Waals surface area contributed by atoms with Crippen LogP contribution in [-0.2, 0) is 9.53 Å². The van der Waals surface area contributed by atoms with Crippen molar-refractivity contribution in [2.75, 3.05) is 0 Å². The summed E-state index contributed by atoms with van der Waals surface area (Å²) in [5.41, 5.74) is 1.63. The number of carbonyl (C=O) groups is 1. The number of esters is 1. The van der Waals surface area contributed by atoms with Gasteiger partial charge in [0.25, 0.3) is 0 Å². The Bertz CT molecular complexity index is 411. The number of rotatable bonds is 2. The van der Waals surface area contributed by atoms with Gasteiger partial charge in [0.05, 0.1) is 6.10 Å². The van der Waals surface area contributed by atoms with E-state index < -0.39 is 18.3 Å². The molecule has 0 saturated heterocycles. The number of aliphatic hydroxyl groups is 2. The zero-order chi connectivity index (χ0) is 16.2. The van der Waals surface area contributed by atoms with Crippen molar-refractivity contribution in [3.05, 3.63) is 23.8 Å². The molecule has 0 unspecified atom stereocenters. The Morgan fingerprint density at radius 3 is 2.57 bits per heavy atom. The molecule has 0 aliphatic heterocycles. The summed E-state index contributed by atoms with van der Waals surface area (Å²) in [7, 11) is 0. The van der Waals surface area contributed by atoms with Crippen molar-refractivity contribution in [1.29, 1.82) is 0 Å². The average Bonchev–Trinajstić information content (AvgIpc) is 2.35. The van der Waals surface area contributed by atoms with Crippen LogP contribution in [0.3, 0.4) is 0 Å². The van der Waals surface area contributed by atoms with Crippen LogP contribution in [0.4, 0.5) is 0 Å². The molecule has 4 nitrogen and oxygen atoms in total. The van der Waals surface area contributed by atoms with Gasteiger partial charge in [0, 0.05) is 13.3 Å². The van der Waals surface area contributed by atoms with Crippen LogP contribution in [0.25, 0.3) is 0 Å². The van der Waals surface area contributed by atoms with Gasteiger partial charge in [0.15, 0.2) is 0 Å². The Labute approximate surface area is 127 Å². The third kappa shape index (κ3) is 5.29. The molecule has 0 radical (unpaired) electrons. The summed E-state index contributed by atoms with van der Waals surface area (Å²) < 4.78 is 5.25. The van der Waals surface area contributed by atoms with E-state index in [2.05, 4.69) is 20.4 Å². The van der Waals surface area contributed by atoms with Crippen molar-refractivity contribution in [3.63, 3.8) is 0 Å². The lowest BCUT2D eigenvalue weighted by atomic mass is 9.80. The second-order valence-electron chi connectivity index (χ2n) is 6.41. The van der Waals surface area contributed by atoms with E-state index >= 15 is 0 Å². The van der Waals surface area contributed by atoms with Crippen LogP contribution in [0.15, 0.2) is 23.8 Å². The van der Waals surface area contributed by atoms with Crippen LogP contribution in [0, 0.1) is 11.8 Å². The maximum Gasteiger partial charge on any atom is 0.303 e. The third-order valence-corrected chi connectivity index (χ3v) is 4.16. The lowest BCUT2D eigenvalue weighted by Gasteiger charge is -2.32. The Balaban J connectivity index is 3.00. The van der Waals surface area contributed by atoms with Crippen molar-refractivity contribution in [3.8, 4) is 0 Å². The van der Waals surface area contributed by atoms with Crippen molar-refractivity contribution in [1.82, 2.24) is 0 Å². The second kappa shape index (κ2) is 7.76. The predicted molar refractivity (Wildman–Crippen MR) is 82.6 cm³/mol. The quantitative estimate of drug-likeness (QED) is 0.607. The van der Waals surface area contributed by atoms with E-state index in [0.29, 0.717) is 12.0 Å². The monoisotopic (exact) mass is 296 g/mol. The van der Waals surface area contributed by atoms with Gasteiger partial charge in [-0.3, -0.25) is 4.79 Å². The fourth-order valence-corrected chi connectivity index (χ4v) is 2.90. The first-order valence-electron chi connectivity index (χ1n) is 7.60. The topological polar surface area (TPSA) is 66.8 Å². The minimum atomic E-state index is -0.984. The Kier molecular flexibility index (Phi) is 6.62. The molecule has 0 bridgehead atoms. The molecule has 1 aliphatic carbocycles. The minimum absolute atomic E-state index is 0.0189. The fourth-order valence-electron chi connectivity index (χ4n) is 2.90. The molecular formula is C17H28O4. The highest BCUT2D eigenvalue weighted by Gasteiger charge is 2.31. The van der Waals surface area contributed by atoms with E-state index in [9.17, 15) is 15.0 Å². The van der Waals surface area contributed by atoms with Crippen LogP contribution >= 0.6 is 0 Å². The van der Waals surface area contributed by atoms with Crippen molar-refractivity contribution < 1.29 is 19.7 Å². The highest BCUT2D eigenvalue weighted by Crippen LogP contribution is 2.30. The normalized spacial score (nSPS) is 34.2. The Morgan fingerprint density at radius 2 is 2.05 bits per heavy atom. The molecule has 0 saturated carbocycles. The molecule has 21 heavy (non-hydrogen) atoms. The van der Waals surface area contributed by atoms with Crippen molar-refractivity contribution in [2.24, 2.45) is 11.8 Å². The molecule has 120 valence electrons. The summed E-state index contributed by atoms with van der Waals surface area (Å²) >= 11 is 0. The average molecular weight is 296 g/mol. The van der Waals surface area contributed by atoms with Gasteiger partial charge in [-0.05, 0) is 43.3 Å². The maximum absolute atomic E-state index is 11.2. The van der Waals surface area contributed by atoms with Gasteiger partial charge in [0.1, 0.15) is 12.2 Å². The molecule has 4 atom stereocenters.